The van der Waals surface area contributed by atoms with E-state index in [9.17, 15) is 14.3 Å². The molecule has 0 fully saturated rings. The van der Waals surface area contributed by atoms with Crippen molar-refractivity contribution < 1.29 is 19.0 Å². The van der Waals surface area contributed by atoms with E-state index in [1.807, 2.05) is 0 Å². The molecule has 0 unspecified atom stereocenters. The number of phenolic OH excluding ortho intramolecular Hbond substituents is 1. The molecule has 0 atom stereocenters. The molecule has 0 heterocycles. The van der Waals surface area contributed by atoms with E-state index in [2.05, 4.69) is 0 Å². The van der Waals surface area contributed by atoms with Crippen molar-refractivity contribution in [3.8, 4) is 16.9 Å². The van der Waals surface area contributed by atoms with Crippen molar-refractivity contribution in [3.63, 3.8) is 0 Å². The number of hydrogen-bond donors (Lipinski definition) is 1. The van der Waals surface area contributed by atoms with Gasteiger partial charge in [-0.1, -0.05) is 18.2 Å². The fourth-order valence-corrected chi connectivity index (χ4v) is 1.89. The van der Waals surface area contributed by atoms with Gasteiger partial charge < -0.3 is 9.84 Å². The first-order valence-corrected chi connectivity index (χ1v) is 6.58. The van der Waals surface area contributed by atoms with Gasteiger partial charge >= 0.3 is 5.97 Å². The van der Waals surface area contributed by atoms with Crippen LogP contribution in [0.1, 0.15) is 31.1 Å². The maximum atomic E-state index is 14.2. The van der Waals surface area contributed by atoms with Gasteiger partial charge in [-0.2, -0.15) is 0 Å². The average Bonchev–Trinajstić information content (AvgIpc) is 2.36. The largest absolute Gasteiger partial charge is 0.508 e. The van der Waals surface area contributed by atoms with Crippen LogP contribution in [0.25, 0.3) is 11.1 Å². The number of hydrogen-bond acceptors (Lipinski definition) is 3. The van der Waals surface area contributed by atoms with Gasteiger partial charge in [-0.05, 0) is 50.6 Å². The molecule has 0 saturated heterocycles. The number of ether oxygens (including phenoxy) is 1. The zero-order valence-corrected chi connectivity index (χ0v) is 12.2. The van der Waals surface area contributed by atoms with Crippen molar-refractivity contribution in [2.75, 3.05) is 0 Å². The molecule has 0 spiro atoms. The SMILES string of the molecule is CC(C)(C)OC(=O)c1ccc(-c2cccc(O)c2)c(F)c1. The second-order valence-electron chi connectivity index (χ2n) is 5.75. The Bertz CT molecular complexity index is 672. The maximum absolute atomic E-state index is 14.2. The second kappa shape index (κ2) is 5.56. The molecule has 0 bridgehead atoms. The minimum absolute atomic E-state index is 0.0584. The van der Waals surface area contributed by atoms with Gasteiger partial charge in [-0.25, -0.2) is 9.18 Å². The van der Waals surface area contributed by atoms with Crippen molar-refractivity contribution in [3.05, 3.63) is 53.8 Å². The van der Waals surface area contributed by atoms with Crippen LogP contribution < -0.4 is 0 Å². The van der Waals surface area contributed by atoms with Gasteiger partial charge in [0.25, 0.3) is 0 Å². The topological polar surface area (TPSA) is 46.5 Å². The molecule has 0 radical (unpaired) electrons. The number of carbonyl (C=O) groups is 1. The summed E-state index contributed by atoms with van der Waals surface area (Å²) in [6.45, 7) is 5.26. The zero-order valence-electron chi connectivity index (χ0n) is 12.2. The highest BCUT2D eigenvalue weighted by molar-refractivity contribution is 5.90. The highest BCUT2D eigenvalue weighted by atomic mass is 19.1. The van der Waals surface area contributed by atoms with Crippen LogP contribution in [0.15, 0.2) is 42.5 Å². The molecule has 0 amide bonds. The monoisotopic (exact) mass is 288 g/mol. The van der Waals surface area contributed by atoms with E-state index in [1.165, 1.54) is 24.3 Å². The number of esters is 1. The Kier molecular flexibility index (Phi) is 3.98. The average molecular weight is 288 g/mol. The minimum atomic E-state index is -0.628. The van der Waals surface area contributed by atoms with E-state index in [4.69, 9.17) is 4.74 Å². The lowest BCUT2D eigenvalue weighted by Crippen LogP contribution is -2.23. The minimum Gasteiger partial charge on any atom is -0.508 e. The van der Waals surface area contributed by atoms with Crippen molar-refractivity contribution in [1.82, 2.24) is 0 Å². The standard InChI is InChI=1S/C17H17FO3/c1-17(2,3)21-16(20)12-7-8-14(15(18)10-12)11-5-4-6-13(19)9-11/h4-10,19H,1-3H3. The third-order valence-electron chi connectivity index (χ3n) is 2.76. The summed E-state index contributed by atoms with van der Waals surface area (Å²) < 4.78 is 19.4. The van der Waals surface area contributed by atoms with Gasteiger partial charge in [-0.3, -0.25) is 0 Å². The third kappa shape index (κ3) is 3.81. The lowest BCUT2D eigenvalue weighted by Gasteiger charge is -2.19. The van der Waals surface area contributed by atoms with E-state index in [0.29, 0.717) is 11.1 Å². The zero-order chi connectivity index (χ0) is 15.6. The molecule has 3 nitrogen and oxygen atoms in total. The van der Waals surface area contributed by atoms with Crippen LogP contribution >= 0.6 is 0 Å². The predicted octanol–water partition coefficient (Wildman–Crippen LogP) is 4.15. The Morgan fingerprint density at radius 2 is 1.86 bits per heavy atom. The first-order valence-electron chi connectivity index (χ1n) is 6.58. The van der Waals surface area contributed by atoms with Gasteiger partial charge in [0, 0.05) is 5.56 Å². The summed E-state index contributed by atoms with van der Waals surface area (Å²) in [6, 6.07) is 10.5. The lowest BCUT2D eigenvalue weighted by molar-refractivity contribution is 0.00690. The molecule has 110 valence electrons. The van der Waals surface area contributed by atoms with Crippen LogP contribution in [-0.2, 0) is 4.74 Å². The smallest absolute Gasteiger partial charge is 0.338 e. The number of aromatic hydroxyl groups is 1. The Balaban J connectivity index is 2.32. The summed E-state index contributed by atoms with van der Waals surface area (Å²) in [5.74, 6) is -1.05. The van der Waals surface area contributed by atoms with Crippen molar-refractivity contribution in [2.24, 2.45) is 0 Å². The molecule has 2 aromatic carbocycles. The van der Waals surface area contributed by atoms with Crippen LogP contribution in [-0.4, -0.2) is 16.7 Å². The molecule has 2 aromatic rings. The molecule has 0 saturated carbocycles. The Morgan fingerprint density at radius 1 is 1.14 bits per heavy atom. The normalized spacial score (nSPS) is 11.2. The van der Waals surface area contributed by atoms with Crippen LogP contribution in [0.2, 0.25) is 0 Å². The summed E-state index contributed by atoms with van der Waals surface area (Å²) in [5, 5.41) is 9.44. The predicted molar refractivity (Wildman–Crippen MR) is 78.7 cm³/mol. The van der Waals surface area contributed by atoms with Crippen LogP contribution in [0, 0.1) is 5.82 Å². The Labute approximate surface area is 123 Å². The Morgan fingerprint density at radius 3 is 2.43 bits per heavy atom. The molecule has 0 aliphatic heterocycles. The van der Waals surface area contributed by atoms with Crippen LogP contribution in [0.4, 0.5) is 4.39 Å². The molecule has 1 N–H and O–H groups in total. The molecular weight excluding hydrogens is 271 g/mol. The van der Waals surface area contributed by atoms with E-state index in [1.54, 1.807) is 32.9 Å². The van der Waals surface area contributed by atoms with Gasteiger partial charge in [0.1, 0.15) is 17.2 Å². The van der Waals surface area contributed by atoms with Crippen molar-refractivity contribution in [1.29, 1.82) is 0 Å². The van der Waals surface area contributed by atoms with Gasteiger partial charge in [0.15, 0.2) is 0 Å². The first kappa shape index (κ1) is 15.0. The van der Waals surface area contributed by atoms with Gasteiger partial charge in [0.05, 0.1) is 5.56 Å². The van der Waals surface area contributed by atoms with E-state index >= 15 is 0 Å². The Hall–Kier alpha value is -2.36. The molecule has 4 heteroatoms. The maximum Gasteiger partial charge on any atom is 0.338 e. The molecular formula is C17H17FO3. The lowest BCUT2D eigenvalue weighted by atomic mass is 10.0. The third-order valence-corrected chi connectivity index (χ3v) is 2.76. The van der Waals surface area contributed by atoms with Crippen LogP contribution in [0.5, 0.6) is 5.75 Å². The highest BCUT2D eigenvalue weighted by Crippen LogP contribution is 2.27. The fourth-order valence-electron chi connectivity index (χ4n) is 1.89. The first-order chi connectivity index (χ1) is 9.76. The quantitative estimate of drug-likeness (QED) is 0.844. The van der Waals surface area contributed by atoms with Crippen molar-refractivity contribution >= 4 is 5.97 Å². The molecule has 21 heavy (non-hydrogen) atoms. The molecule has 2 rings (SSSR count). The molecule has 0 aliphatic carbocycles. The molecule has 0 aliphatic rings. The summed E-state index contributed by atoms with van der Waals surface area (Å²) in [6.07, 6.45) is 0. The number of phenols is 1. The number of carbonyl (C=O) groups excluding carboxylic acids is 1. The van der Waals surface area contributed by atoms with E-state index in [-0.39, 0.29) is 11.3 Å². The number of halogens is 1. The van der Waals surface area contributed by atoms with Crippen molar-refractivity contribution in [2.45, 2.75) is 26.4 Å². The summed E-state index contributed by atoms with van der Waals surface area (Å²) in [7, 11) is 0. The highest BCUT2D eigenvalue weighted by Gasteiger charge is 2.19. The van der Waals surface area contributed by atoms with Crippen LogP contribution in [0.3, 0.4) is 0 Å². The summed E-state index contributed by atoms with van der Waals surface area (Å²) >= 11 is 0. The fraction of sp³-hybridized carbons (Fsp3) is 0.235. The molecule has 0 aromatic heterocycles. The van der Waals surface area contributed by atoms with E-state index < -0.39 is 17.4 Å². The van der Waals surface area contributed by atoms with Gasteiger partial charge in [-0.15, -0.1) is 0 Å². The van der Waals surface area contributed by atoms with E-state index in [0.717, 1.165) is 6.07 Å². The van der Waals surface area contributed by atoms with Gasteiger partial charge in [0.2, 0.25) is 0 Å². The summed E-state index contributed by atoms with van der Waals surface area (Å²) in [4.78, 5) is 11.9. The summed E-state index contributed by atoms with van der Waals surface area (Å²) in [5.41, 5.74) is 0.394. The number of rotatable bonds is 2. The number of benzene rings is 2. The second-order valence-corrected chi connectivity index (χ2v) is 5.75.